The number of ether oxygens (including phenoxy) is 2. The average molecular weight is 337 g/mol. The zero-order valence-electron chi connectivity index (χ0n) is 9.32. The first kappa shape index (κ1) is 13.7. The quantitative estimate of drug-likeness (QED) is 0.559. The molecule has 1 rings (SSSR count). The Bertz CT molecular complexity index is 364. The predicted octanol–water partition coefficient (Wildman–Crippen LogP) is 1.51. The summed E-state index contributed by atoms with van der Waals surface area (Å²) in [5.41, 5.74) is 0.0694. The van der Waals surface area contributed by atoms with Crippen LogP contribution < -0.4 is 5.56 Å². The number of pyridine rings is 1. The molecule has 4 nitrogen and oxygen atoms in total. The van der Waals surface area contributed by atoms with Crippen LogP contribution in [0, 0.1) is 3.57 Å². The summed E-state index contributed by atoms with van der Waals surface area (Å²) in [4.78, 5) is 11.6. The number of aromatic nitrogens is 1. The minimum Gasteiger partial charge on any atom is -0.382 e. The van der Waals surface area contributed by atoms with Crippen molar-refractivity contribution in [3.63, 3.8) is 0 Å². The molecule has 0 aromatic carbocycles. The Morgan fingerprint density at radius 3 is 2.94 bits per heavy atom. The molecule has 0 N–H and O–H groups in total. The summed E-state index contributed by atoms with van der Waals surface area (Å²) in [6.45, 7) is 2.57. The molecule has 0 amide bonds. The van der Waals surface area contributed by atoms with Crippen molar-refractivity contribution in [3.05, 3.63) is 32.3 Å². The first-order chi connectivity index (χ1) is 7.75. The molecule has 0 bridgehead atoms. The highest BCUT2D eigenvalue weighted by Gasteiger charge is 1.99. The lowest BCUT2D eigenvalue weighted by Crippen LogP contribution is -2.22. The van der Waals surface area contributed by atoms with Crippen LogP contribution in [-0.4, -0.2) is 31.5 Å². The summed E-state index contributed by atoms with van der Waals surface area (Å²) in [5.74, 6) is 0. The van der Waals surface area contributed by atoms with E-state index in [0.717, 1.165) is 9.99 Å². The average Bonchev–Trinajstić information content (AvgIpc) is 2.29. The maximum Gasteiger partial charge on any atom is 0.263 e. The van der Waals surface area contributed by atoms with Crippen LogP contribution in [0.25, 0.3) is 0 Å². The second-order valence-electron chi connectivity index (χ2n) is 3.31. The van der Waals surface area contributed by atoms with E-state index >= 15 is 0 Å². The van der Waals surface area contributed by atoms with E-state index in [4.69, 9.17) is 9.47 Å². The lowest BCUT2D eigenvalue weighted by atomic mass is 10.4. The zero-order chi connectivity index (χ0) is 11.8. The fourth-order valence-corrected chi connectivity index (χ4v) is 1.78. The molecule has 1 heterocycles. The van der Waals surface area contributed by atoms with E-state index in [1.165, 1.54) is 0 Å². The molecule has 0 saturated heterocycles. The number of nitrogens with zero attached hydrogens (tertiary/aromatic N) is 1. The van der Waals surface area contributed by atoms with Gasteiger partial charge >= 0.3 is 0 Å². The molecule has 90 valence electrons. The minimum absolute atomic E-state index is 0.0694. The van der Waals surface area contributed by atoms with Gasteiger partial charge in [-0.05, 0) is 41.1 Å². The minimum atomic E-state index is 0.0694. The van der Waals surface area contributed by atoms with Crippen molar-refractivity contribution < 1.29 is 9.47 Å². The van der Waals surface area contributed by atoms with Gasteiger partial charge in [-0.25, -0.2) is 0 Å². The van der Waals surface area contributed by atoms with Crippen LogP contribution in [-0.2, 0) is 16.0 Å². The Hall–Kier alpha value is -0.400. The summed E-state index contributed by atoms with van der Waals surface area (Å²) >= 11 is 2.05. The lowest BCUT2D eigenvalue weighted by molar-refractivity contribution is 0.0679. The molecular formula is C11H16INO3. The van der Waals surface area contributed by atoms with Gasteiger partial charge in [-0.1, -0.05) is 0 Å². The standard InChI is InChI=1S/C11H16INO3/c1-15-8-9-16-7-3-6-13-5-2-4-10(12)11(13)14/h2,4-5H,3,6-9H2,1H3. The molecule has 0 fully saturated rings. The topological polar surface area (TPSA) is 40.5 Å². The normalized spacial score (nSPS) is 10.6. The zero-order valence-corrected chi connectivity index (χ0v) is 11.5. The summed E-state index contributed by atoms with van der Waals surface area (Å²) in [5, 5.41) is 0. The number of rotatable bonds is 7. The number of hydrogen-bond donors (Lipinski definition) is 0. The molecular weight excluding hydrogens is 321 g/mol. The molecule has 0 atom stereocenters. The van der Waals surface area contributed by atoms with Crippen LogP contribution in [0.1, 0.15) is 6.42 Å². The van der Waals surface area contributed by atoms with Gasteiger partial charge in [-0.2, -0.15) is 0 Å². The second kappa shape index (κ2) is 7.81. The van der Waals surface area contributed by atoms with Crippen molar-refractivity contribution in [3.8, 4) is 0 Å². The monoisotopic (exact) mass is 337 g/mol. The van der Waals surface area contributed by atoms with Crippen molar-refractivity contribution in [2.45, 2.75) is 13.0 Å². The third-order valence-electron chi connectivity index (χ3n) is 2.09. The fraction of sp³-hybridized carbons (Fsp3) is 0.545. The van der Waals surface area contributed by atoms with Gasteiger partial charge in [0.2, 0.25) is 0 Å². The van der Waals surface area contributed by atoms with Gasteiger partial charge in [0.1, 0.15) is 0 Å². The third kappa shape index (κ3) is 4.63. The van der Waals surface area contributed by atoms with Gasteiger partial charge in [0.05, 0.1) is 16.8 Å². The molecule has 1 aromatic rings. The van der Waals surface area contributed by atoms with E-state index in [0.29, 0.717) is 26.4 Å². The number of aryl methyl sites for hydroxylation is 1. The Labute approximate surface area is 109 Å². The first-order valence-corrected chi connectivity index (χ1v) is 6.25. The van der Waals surface area contributed by atoms with Gasteiger partial charge in [0.25, 0.3) is 5.56 Å². The molecule has 0 spiro atoms. The number of halogens is 1. The van der Waals surface area contributed by atoms with Crippen molar-refractivity contribution in [1.29, 1.82) is 0 Å². The maximum absolute atomic E-state index is 11.6. The van der Waals surface area contributed by atoms with Crippen LogP contribution in [0.5, 0.6) is 0 Å². The molecule has 16 heavy (non-hydrogen) atoms. The Balaban J connectivity index is 2.27. The van der Waals surface area contributed by atoms with Gasteiger partial charge in [-0.15, -0.1) is 0 Å². The predicted molar refractivity (Wildman–Crippen MR) is 70.7 cm³/mol. The SMILES string of the molecule is COCCOCCCn1cccc(I)c1=O. The summed E-state index contributed by atoms with van der Waals surface area (Å²) in [7, 11) is 1.65. The highest BCUT2D eigenvalue weighted by Crippen LogP contribution is 1.97. The number of hydrogen-bond acceptors (Lipinski definition) is 3. The van der Waals surface area contributed by atoms with Gasteiger partial charge in [0, 0.05) is 26.5 Å². The van der Waals surface area contributed by atoms with Gasteiger partial charge < -0.3 is 14.0 Å². The van der Waals surface area contributed by atoms with E-state index in [-0.39, 0.29) is 5.56 Å². The smallest absolute Gasteiger partial charge is 0.263 e. The van der Waals surface area contributed by atoms with Crippen LogP contribution in [0.2, 0.25) is 0 Å². The van der Waals surface area contributed by atoms with Gasteiger partial charge in [-0.3, -0.25) is 4.79 Å². The lowest BCUT2D eigenvalue weighted by Gasteiger charge is -2.06. The van der Waals surface area contributed by atoms with Crippen LogP contribution >= 0.6 is 22.6 Å². The van der Waals surface area contributed by atoms with Crippen molar-refractivity contribution in [2.24, 2.45) is 0 Å². The fourth-order valence-electron chi connectivity index (χ4n) is 1.26. The highest BCUT2D eigenvalue weighted by molar-refractivity contribution is 14.1. The Kier molecular flexibility index (Phi) is 6.67. The molecule has 0 saturated carbocycles. The first-order valence-electron chi connectivity index (χ1n) is 5.17. The Morgan fingerprint density at radius 2 is 2.19 bits per heavy atom. The molecule has 0 unspecified atom stereocenters. The van der Waals surface area contributed by atoms with E-state index in [2.05, 4.69) is 0 Å². The highest BCUT2D eigenvalue weighted by atomic mass is 127. The van der Waals surface area contributed by atoms with Crippen LogP contribution in [0.15, 0.2) is 23.1 Å². The third-order valence-corrected chi connectivity index (χ3v) is 2.91. The molecule has 0 aliphatic carbocycles. The van der Waals surface area contributed by atoms with E-state index in [9.17, 15) is 4.79 Å². The molecule has 0 radical (unpaired) electrons. The Morgan fingerprint density at radius 1 is 1.38 bits per heavy atom. The second-order valence-corrected chi connectivity index (χ2v) is 4.48. The van der Waals surface area contributed by atoms with E-state index < -0.39 is 0 Å². The largest absolute Gasteiger partial charge is 0.382 e. The van der Waals surface area contributed by atoms with Crippen molar-refractivity contribution in [2.75, 3.05) is 26.9 Å². The maximum atomic E-state index is 11.6. The summed E-state index contributed by atoms with van der Waals surface area (Å²) in [6.07, 6.45) is 2.64. The van der Waals surface area contributed by atoms with Crippen molar-refractivity contribution >= 4 is 22.6 Å². The molecule has 1 aromatic heterocycles. The summed E-state index contributed by atoms with van der Waals surface area (Å²) < 4.78 is 12.6. The van der Waals surface area contributed by atoms with Gasteiger partial charge in [0.15, 0.2) is 0 Å². The van der Waals surface area contributed by atoms with Crippen LogP contribution in [0.3, 0.4) is 0 Å². The van der Waals surface area contributed by atoms with Crippen LogP contribution in [0.4, 0.5) is 0 Å². The molecule has 0 aliphatic rings. The van der Waals surface area contributed by atoms with E-state index in [1.54, 1.807) is 17.9 Å². The van der Waals surface area contributed by atoms with Crippen molar-refractivity contribution in [1.82, 2.24) is 4.57 Å². The number of methoxy groups -OCH3 is 1. The molecule has 0 aliphatic heterocycles. The van der Waals surface area contributed by atoms with E-state index in [1.807, 2.05) is 34.7 Å². The molecule has 5 heteroatoms. The summed E-state index contributed by atoms with van der Waals surface area (Å²) in [6, 6.07) is 3.70.